The molecule has 7 heteroatoms. The van der Waals surface area contributed by atoms with Crippen LogP contribution in [0.15, 0.2) is 24.3 Å². The minimum atomic E-state index is -0.934. The number of ether oxygens (including phenoxy) is 2. The van der Waals surface area contributed by atoms with Crippen LogP contribution in [0.2, 0.25) is 0 Å². The lowest BCUT2D eigenvalue weighted by atomic mass is 10.0. The number of carbonyl (C=O) groups excluding carboxylic acids is 2. The molecule has 3 fully saturated rings. The monoisotopic (exact) mass is 373 g/mol. The van der Waals surface area contributed by atoms with Gasteiger partial charge in [-0.05, 0) is 37.8 Å². The summed E-state index contributed by atoms with van der Waals surface area (Å²) in [5, 5.41) is 5.93. The van der Waals surface area contributed by atoms with Crippen LogP contribution in [0.4, 0.5) is 11.4 Å². The second-order valence-electron chi connectivity index (χ2n) is 7.50. The average Bonchev–Trinajstić information content (AvgIpc) is 3.36. The van der Waals surface area contributed by atoms with Gasteiger partial charge in [0.2, 0.25) is 11.8 Å². The molecule has 1 atom stereocenters. The number of nitrogens with one attached hydrogen (secondary N) is 2. The van der Waals surface area contributed by atoms with Gasteiger partial charge in [0.05, 0.1) is 30.7 Å². The zero-order chi connectivity index (χ0) is 18.7. The van der Waals surface area contributed by atoms with Crippen molar-refractivity contribution in [3.05, 3.63) is 24.3 Å². The second-order valence-corrected chi connectivity index (χ2v) is 7.50. The van der Waals surface area contributed by atoms with Gasteiger partial charge in [-0.2, -0.15) is 0 Å². The van der Waals surface area contributed by atoms with Crippen molar-refractivity contribution < 1.29 is 19.1 Å². The fourth-order valence-corrected chi connectivity index (χ4v) is 3.76. The van der Waals surface area contributed by atoms with E-state index in [1.807, 2.05) is 24.3 Å². The van der Waals surface area contributed by atoms with Crippen molar-refractivity contribution in [1.29, 1.82) is 0 Å². The topological polar surface area (TPSA) is 79.9 Å². The molecule has 1 aromatic rings. The first kappa shape index (κ1) is 18.3. The molecule has 2 aliphatic heterocycles. The van der Waals surface area contributed by atoms with Crippen molar-refractivity contribution in [2.24, 2.45) is 5.41 Å². The minimum Gasteiger partial charge on any atom is -0.378 e. The third-order valence-electron chi connectivity index (χ3n) is 5.64. The molecule has 4 rings (SSSR count). The van der Waals surface area contributed by atoms with Crippen LogP contribution < -0.4 is 15.5 Å². The summed E-state index contributed by atoms with van der Waals surface area (Å²) >= 11 is 0. The fourth-order valence-electron chi connectivity index (χ4n) is 3.76. The average molecular weight is 373 g/mol. The van der Waals surface area contributed by atoms with Gasteiger partial charge >= 0.3 is 0 Å². The Bertz CT molecular complexity index is 692. The van der Waals surface area contributed by atoms with E-state index in [2.05, 4.69) is 15.5 Å². The molecule has 0 radical (unpaired) electrons. The van der Waals surface area contributed by atoms with E-state index in [9.17, 15) is 9.59 Å². The van der Waals surface area contributed by atoms with Crippen molar-refractivity contribution in [3.8, 4) is 0 Å². The van der Waals surface area contributed by atoms with Crippen LogP contribution in [0.3, 0.4) is 0 Å². The summed E-state index contributed by atoms with van der Waals surface area (Å²) in [6, 6.07) is 7.75. The summed E-state index contributed by atoms with van der Waals surface area (Å²) < 4.78 is 11.0. The first-order chi connectivity index (χ1) is 13.2. The van der Waals surface area contributed by atoms with Gasteiger partial charge in [-0.1, -0.05) is 12.1 Å². The summed E-state index contributed by atoms with van der Waals surface area (Å²) in [5.74, 6) is -0.396. The highest BCUT2D eigenvalue weighted by molar-refractivity contribution is 6.13. The van der Waals surface area contributed by atoms with Gasteiger partial charge in [0.15, 0.2) is 0 Å². The first-order valence-electron chi connectivity index (χ1n) is 9.82. The van der Waals surface area contributed by atoms with Gasteiger partial charge in [0.1, 0.15) is 5.41 Å². The highest BCUT2D eigenvalue weighted by Gasteiger charge is 2.56. The Labute approximate surface area is 159 Å². The number of nitrogens with zero attached hydrogens (tertiary/aromatic N) is 1. The largest absolute Gasteiger partial charge is 0.378 e. The van der Waals surface area contributed by atoms with E-state index < -0.39 is 5.41 Å². The number of para-hydroxylation sites is 2. The Morgan fingerprint density at radius 3 is 2.59 bits per heavy atom. The molecule has 146 valence electrons. The number of carbonyl (C=O) groups is 2. The van der Waals surface area contributed by atoms with E-state index in [0.717, 1.165) is 43.9 Å². The zero-order valence-electron chi connectivity index (χ0n) is 15.5. The molecular weight excluding hydrogens is 346 g/mol. The molecule has 1 unspecified atom stereocenters. The Morgan fingerprint density at radius 2 is 1.89 bits per heavy atom. The summed E-state index contributed by atoms with van der Waals surface area (Å²) in [5.41, 5.74) is 0.795. The minimum absolute atomic E-state index is 0.0786. The van der Waals surface area contributed by atoms with Crippen LogP contribution in [0.25, 0.3) is 0 Å². The van der Waals surface area contributed by atoms with Crippen LogP contribution in [0.1, 0.15) is 25.7 Å². The highest BCUT2D eigenvalue weighted by Crippen LogP contribution is 2.47. The molecule has 0 bridgehead atoms. The molecule has 1 aromatic carbocycles. The van der Waals surface area contributed by atoms with Crippen molar-refractivity contribution in [1.82, 2.24) is 5.32 Å². The van der Waals surface area contributed by atoms with Crippen LogP contribution >= 0.6 is 0 Å². The maximum Gasteiger partial charge on any atom is 0.240 e. The Kier molecular flexibility index (Phi) is 5.31. The van der Waals surface area contributed by atoms with E-state index in [1.165, 1.54) is 0 Å². The van der Waals surface area contributed by atoms with Gasteiger partial charge in [-0.15, -0.1) is 0 Å². The second kappa shape index (κ2) is 7.86. The molecular formula is C20H27N3O4. The summed E-state index contributed by atoms with van der Waals surface area (Å²) in [6.07, 6.45) is 3.26. The predicted octanol–water partition coefficient (Wildman–Crippen LogP) is 1.54. The normalized spacial score (nSPS) is 23.7. The lowest BCUT2D eigenvalue weighted by Crippen LogP contribution is -2.43. The number of rotatable bonds is 6. The number of hydrogen-bond acceptors (Lipinski definition) is 5. The number of benzene rings is 1. The first-order valence-corrected chi connectivity index (χ1v) is 9.82. The van der Waals surface area contributed by atoms with E-state index in [-0.39, 0.29) is 17.9 Å². The number of amides is 2. The van der Waals surface area contributed by atoms with E-state index in [1.54, 1.807) is 0 Å². The van der Waals surface area contributed by atoms with Crippen molar-refractivity contribution in [2.45, 2.75) is 31.8 Å². The Balaban J connectivity index is 1.40. The van der Waals surface area contributed by atoms with Gasteiger partial charge in [-0.25, -0.2) is 0 Å². The predicted molar refractivity (Wildman–Crippen MR) is 102 cm³/mol. The lowest BCUT2D eigenvalue weighted by molar-refractivity contribution is -0.134. The molecule has 2 N–H and O–H groups in total. The maximum atomic E-state index is 12.9. The molecule has 1 saturated carbocycles. The molecule has 2 amide bonds. The molecule has 7 nitrogen and oxygen atoms in total. The number of hydrogen-bond donors (Lipinski definition) is 2. The standard InChI is InChI=1S/C20H27N3O4/c24-18(21-14-15-4-3-11-27-15)20(7-8-20)19(25)22-16-5-1-2-6-17(16)23-9-12-26-13-10-23/h1-2,5-6,15H,3-4,7-14H2,(H,21,24)(H,22,25). The van der Waals surface area contributed by atoms with Gasteiger partial charge in [0.25, 0.3) is 0 Å². The number of morpholine rings is 1. The van der Waals surface area contributed by atoms with Crippen LogP contribution in [0.5, 0.6) is 0 Å². The molecule has 1 aliphatic carbocycles. The smallest absolute Gasteiger partial charge is 0.240 e. The molecule has 2 heterocycles. The molecule has 0 spiro atoms. The van der Waals surface area contributed by atoms with Crippen molar-refractivity contribution >= 4 is 23.2 Å². The number of anilines is 2. The quantitative estimate of drug-likeness (QED) is 0.740. The van der Waals surface area contributed by atoms with Crippen LogP contribution in [-0.2, 0) is 19.1 Å². The van der Waals surface area contributed by atoms with Crippen molar-refractivity contribution in [3.63, 3.8) is 0 Å². The Morgan fingerprint density at radius 1 is 1.11 bits per heavy atom. The SMILES string of the molecule is O=C(NCC1CCCO1)C1(C(=O)Nc2ccccc2N2CCOCC2)CC1. The summed E-state index contributed by atoms with van der Waals surface area (Å²) in [6.45, 7) is 4.18. The zero-order valence-corrected chi connectivity index (χ0v) is 15.5. The third-order valence-corrected chi connectivity index (χ3v) is 5.64. The van der Waals surface area contributed by atoms with Gasteiger partial charge in [-0.3, -0.25) is 9.59 Å². The van der Waals surface area contributed by atoms with E-state index in [4.69, 9.17) is 9.47 Å². The van der Waals surface area contributed by atoms with Gasteiger partial charge in [0, 0.05) is 26.2 Å². The Hall–Kier alpha value is -2.12. The van der Waals surface area contributed by atoms with E-state index >= 15 is 0 Å². The van der Waals surface area contributed by atoms with Crippen LogP contribution in [0, 0.1) is 5.41 Å². The third kappa shape index (κ3) is 3.94. The summed E-state index contributed by atoms with van der Waals surface area (Å²) in [7, 11) is 0. The highest BCUT2D eigenvalue weighted by atomic mass is 16.5. The summed E-state index contributed by atoms with van der Waals surface area (Å²) in [4.78, 5) is 27.8. The van der Waals surface area contributed by atoms with E-state index in [0.29, 0.717) is 32.6 Å². The molecule has 0 aromatic heterocycles. The van der Waals surface area contributed by atoms with Crippen LogP contribution in [-0.4, -0.2) is 57.4 Å². The van der Waals surface area contributed by atoms with Crippen molar-refractivity contribution in [2.75, 3.05) is 49.7 Å². The molecule has 2 saturated heterocycles. The lowest BCUT2D eigenvalue weighted by Gasteiger charge is -2.30. The van der Waals surface area contributed by atoms with Gasteiger partial charge < -0.3 is 25.0 Å². The maximum absolute atomic E-state index is 12.9. The molecule has 3 aliphatic rings. The fraction of sp³-hybridized carbons (Fsp3) is 0.600. The molecule has 27 heavy (non-hydrogen) atoms.